The van der Waals surface area contributed by atoms with Gasteiger partial charge in [-0.15, -0.1) is 0 Å². The minimum absolute atomic E-state index is 0.176. The van der Waals surface area contributed by atoms with Crippen LogP contribution in [-0.2, 0) is 17.6 Å². The van der Waals surface area contributed by atoms with E-state index in [1.807, 2.05) is 6.07 Å². The van der Waals surface area contributed by atoms with Crippen LogP contribution in [0, 0.1) is 0 Å². The van der Waals surface area contributed by atoms with Gasteiger partial charge >= 0.3 is 5.97 Å². The van der Waals surface area contributed by atoms with Crippen LogP contribution in [-0.4, -0.2) is 25.3 Å². The molecule has 1 N–H and O–H groups in total. The number of carboxylic acids is 1. The number of halogens is 1. The number of aryl methyl sites for hydroxylation is 1. The Bertz CT molecular complexity index is 457. The first-order valence-corrected chi connectivity index (χ1v) is 6.98. The van der Waals surface area contributed by atoms with Crippen LogP contribution < -0.4 is 9.47 Å². The third-order valence-corrected chi connectivity index (χ3v) is 3.83. The molecule has 0 aliphatic rings. The van der Waals surface area contributed by atoms with Gasteiger partial charge < -0.3 is 14.6 Å². The number of hydrogen-bond acceptors (Lipinski definition) is 3. The first kappa shape index (κ1) is 15.8. The van der Waals surface area contributed by atoms with E-state index in [1.54, 1.807) is 14.2 Å². The van der Waals surface area contributed by atoms with E-state index in [1.165, 1.54) is 0 Å². The van der Waals surface area contributed by atoms with E-state index in [9.17, 15) is 4.79 Å². The number of carboxylic acid groups (broad SMARTS) is 1. The smallest absolute Gasteiger partial charge is 0.303 e. The van der Waals surface area contributed by atoms with Crippen LogP contribution in [0.4, 0.5) is 0 Å². The van der Waals surface area contributed by atoms with Crippen molar-refractivity contribution in [1.82, 2.24) is 0 Å². The monoisotopic (exact) mass is 330 g/mol. The zero-order valence-electron chi connectivity index (χ0n) is 11.5. The molecule has 0 fully saturated rings. The van der Waals surface area contributed by atoms with Crippen molar-refractivity contribution in [2.45, 2.75) is 32.6 Å². The molecular weight excluding hydrogens is 312 g/mol. The van der Waals surface area contributed by atoms with Crippen LogP contribution in [0.2, 0.25) is 0 Å². The molecule has 0 unspecified atom stereocenters. The average Bonchev–Trinajstić information content (AvgIpc) is 2.37. The molecule has 0 atom stereocenters. The number of ether oxygens (including phenoxy) is 2. The van der Waals surface area contributed by atoms with Crippen molar-refractivity contribution < 1.29 is 19.4 Å². The third-order valence-electron chi connectivity index (χ3n) is 3.00. The summed E-state index contributed by atoms with van der Waals surface area (Å²) in [4.78, 5) is 10.6. The average molecular weight is 331 g/mol. The molecule has 0 bridgehead atoms. The number of methoxy groups -OCH3 is 2. The summed E-state index contributed by atoms with van der Waals surface area (Å²) in [5.41, 5.74) is 2.25. The maximum absolute atomic E-state index is 10.6. The van der Waals surface area contributed by atoms with Crippen LogP contribution in [0.25, 0.3) is 0 Å². The van der Waals surface area contributed by atoms with Crippen LogP contribution in [0.1, 0.15) is 30.9 Å². The van der Waals surface area contributed by atoms with Crippen molar-refractivity contribution in [3.63, 3.8) is 0 Å². The van der Waals surface area contributed by atoms with Crippen molar-refractivity contribution in [1.29, 1.82) is 0 Å². The fourth-order valence-electron chi connectivity index (χ4n) is 2.07. The Balaban J connectivity index is 3.08. The predicted molar refractivity (Wildman–Crippen MR) is 77.2 cm³/mol. The highest BCUT2D eigenvalue weighted by atomic mass is 79.9. The van der Waals surface area contributed by atoms with Gasteiger partial charge in [0, 0.05) is 6.42 Å². The van der Waals surface area contributed by atoms with Gasteiger partial charge in [-0.25, -0.2) is 0 Å². The van der Waals surface area contributed by atoms with Crippen molar-refractivity contribution in [3.05, 3.63) is 21.7 Å². The predicted octanol–water partition coefficient (Wildman–Crippen LogP) is 3.44. The van der Waals surface area contributed by atoms with Gasteiger partial charge in [0.05, 0.1) is 18.7 Å². The van der Waals surface area contributed by atoms with Gasteiger partial charge in [0.1, 0.15) is 0 Å². The second-order valence-electron chi connectivity index (χ2n) is 4.16. The van der Waals surface area contributed by atoms with E-state index in [0.717, 1.165) is 22.0 Å². The quantitative estimate of drug-likeness (QED) is 0.832. The lowest BCUT2D eigenvalue weighted by Gasteiger charge is -2.16. The largest absolute Gasteiger partial charge is 0.493 e. The minimum Gasteiger partial charge on any atom is -0.493 e. The lowest BCUT2D eigenvalue weighted by Crippen LogP contribution is -2.02. The van der Waals surface area contributed by atoms with Crippen LogP contribution in [0.5, 0.6) is 11.5 Å². The summed E-state index contributed by atoms with van der Waals surface area (Å²) < 4.78 is 11.5. The molecule has 0 aliphatic heterocycles. The van der Waals surface area contributed by atoms with Crippen molar-refractivity contribution in [3.8, 4) is 11.5 Å². The third kappa shape index (κ3) is 3.86. The summed E-state index contributed by atoms with van der Waals surface area (Å²) in [5.74, 6) is 0.579. The van der Waals surface area contributed by atoms with E-state index < -0.39 is 5.97 Å². The molecule has 0 spiro atoms. The van der Waals surface area contributed by atoms with Crippen molar-refractivity contribution >= 4 is 21.9 Å². The van der Waals surface area contributed by atoms with Crippen LogP contribution in [0.3, 0.4) is 0 Å². The van der Waals surface area contributed by atoms with E-state index in [-0.39, 0.29) is 6.42 Å². The Morgan fingerprint density at radius 2 is 2.05 bits per heavy atom. The van der Waals surface area contributed by atoms with E-state index in [0.29, 0.717) is 24.3 Å². The molecule has 0 radical (unpaired) electrons. The minimum atomic E-state index is -0.766. The molecule has 1 aromatic rings. The number of hydrogen-bond donors (Lipinski definition) is 1. The summed E-state index contributed by atoms with van der Waals surface area (Å²) in [5, 5.41) is 8.70. The second kappa shape index (κ2) is 7.38. The molecule has 0 aliphatic carbocycles. The summed E-state index contributed by atoms with van der Waals surface area (Å²) in [6.45, 7) is 2.06. The molecule has 0 heterocycles. The molecule has 19 heavy (non-hydrogen) atoms. The van der Waals surface area contributed by atoms with Gasteiger partial charge in [-0.2, -0.15) is 0 Å². The molecule has 0 aromatic heterocycles. The summed E-state index contributed by atoms with van der Waals surface area (Å²) >= 11 is 3.54. The Morgan fingerprint density at radius 3 is 2.53 bits per heavy atom. The second-order valence-corrected chi connectivity index (χ2v) is 4.96. The number of rotatable bonds is 7. The molecule has 1 rings (SSSR count). The molecule has 0 amide bonds. The normalized spacial score (nSPS) is 10.3. The van der Waals surface area contributed by atoms with Gasteiger partial charge in [0.2, 0.25) is 0 Å². The van der Waals surface area contributed by atoms with Crippen molar-refractivity contribution in [2.75, 3.05) is 14.2 Å². The SMILES string of the molecule is CCc1c(CCCC(=O)O)cc(OC)c(OC)c1Br. The topological polar surface area (TPSA) is 55.8 Å². The van der Waals surface area contributed by atoms with E-state index in [2.05, 4.69) is 22.9 Å². The fourth-order valence-corrected chi connectivity index (χ4v) is 2.97. The Kier molecular flexibility index (Phi) is 6.15. The number of benzene rings is 1. The lowest BCUT2D eigenvalue weighted by molar-refractivity contribution is -0.137. The Hall–Kier alpha value is -1.23. The van der Waals surface area contributed by atoms with Crippen LogP contribution >= 0.6 is 15.9 Å². The molecule has 0 saturated heterocycles. The molecule has 1 aromatic carbocycles. The van der Waals surface area contributed by atoms with E-state index in [4.69, 9.17) is 14.6 Å². The number of aliphatic carboxylic acids is 1. The zero-order valence-corrected chi connectivity index (χ0v) is 13.0. The first-order valence-electron chi connectivity index (χ1n) is 6.19. The van der Waals surface area contributed by atoms with Gasteiger partial charge in [-0.1, -0.05) is 6.92 Å². The van der Waals surface area contributed by atoms with Crippen molar-refractivity contribution in [2.24, 2.45) is 0 Å². The molecule has 0 saturated carbocycles. The van der Waals surface area contributed by atoms with Gasteiger partial charge in [-0.05, 0) is 52.4 Å². The number of carbonyl (C=O) groups is 1. The highest BCUT2D eigenvalue weighted by Gasteiger charge is 2.16. The van der Waals surface area contributed by atoms with Crippen LogP contribution in [0.15, 0.2) is 10.5 Å². The first-order chi connectivity index (χ1) is 9.04. The van der Waals surface area contributed by atoms with Gasteiger partial charge in [0.25, 0.3) is 0 Å². The van der Waals surface area contributed by atoms with E-state index >= 15 is 0 Å². The summed E-state index contributed by atoms with van der Waals surface area (Å²) in [7, 11) is 3.20. The van der Waals surface area contributed by atoms with Gasteiger partial charge in [-0.3, -0.25) is 4.79 Å². The summed E-state index contributed by atoms with van der Waals surface area (Å²) in [6.07, 6.45) is 2.36. The molecular formula is C14H19BrO4. The highest BCUT2D eigenvalue weighted by molar-refractivity contribution is 9.10. The zero-order chi connectivity index (χ0) is 14.4. The maximum Gasteiger partial charge on any atom is 0.303 e. The van der Waals surface area contributed by atoms with Gasteiger partial charge in [0.15, 0.2) is 11.5 Å². The maximum atomic E-state index is 10.6. The summed E-state index contributed by atoms with van der Waals surface area (Å²) in [6, 6.07) is 1.93. The Morgan fingerprint density at radius 1 is 1.37 bits per heavy atom. The Labute approximate surface area is 121 Å². The molecule has 106 valence electrons. The molecule has 5 heteroatoms. The molecule has 4 nitrogen and oxygen atoms in total. The standard InChI is InChI=1S/C14H19BrO4/c1-4-10-9(6-5-7-12(16)17)8-11(18-2)14(19-3)13(10)15/h8H,4-7H2,1-3H3,(H,16,17). The fraction of sp³-hybridized carbons (Fsp3) is 0.500. The lowest BCUT2D eigenvalue weighted by atomic mass is 9.99. The highest BCUT2D eigenvalue weighted by Crippen LogP contribution is 2.40.